The molecule has 0 radical (unpaired) electrons. The number of benzene rings is 3. The minimum Gasteiger partial charge on any atom is -0.508 e. The van der Waals surface area contributed by atoms with Gasteiger partial charge in [-0.3, -0.25) is 9.59 Å². The predicted molar refractivity (Wildman–Crippen MR) is 101 cm³/mol. The first-order valence-electron chi connectivity index (χ1n) is 8.88. The Morgan fingerprint density at radius 1 is 0.929 bits per heavy atom. The zero-order valence-electron chi connectivity index (χ0n) is 14.9. The van der Waals surface area contributed by atoms with Crippen LogP contribution in [0.3, 0.4) is 0 Å². The first kappa shape index (κ1) is 16.6. The van der Waals surface area contributed by atoms with Gasteiger partial charge < -0.3 is 20.1 Å². The molecule has 2 aliphatic rings. The van der Waals surface area contributed by atoms with Gasteiger partial charge in [0.2, 0.25) is 0 Å². The average Bonchev–Trinajstić information content (AvgIpc) is 3.20. The van der Waals surface area contributed by atoms with Gasteiger partial charge >= 0.3 is 0 Å². The summed E-state index contributed by atoms with van der Waals surface area (Å²) in [5.74, 6) is -1.57. The van der Waals surface area contributed by atoms with Gasteiger partial charge in [-0.05, 0) is 42.7 Å². The lowest BCUT2D eigenvalue weighted by Gasteiger charge is -2.21. The molecule has 0 bridgehead atoms. The monoisotopic (exact) mass is 376 g/mol. The molecule has 6 heteroatoms. The molecule has 28 heavy (non-hydrogen) atoms. The summed E-state index contributed by atoms with van der Waals surface area (Å²) in [6.07, 6.45) is 0.634. The zero-order valence-corrected chi connectivity index (χ0v) is 14.9. The van der Waals surface area contributed by atoms with Crippen molar-refractivity contribution in [3.05, 3.63) is 58.7 Å². The molecule has 3 N–H and O–H groups in total. The zero-order chi connectivity index (χ0) is 19.8. The van der Waals surface area contributed by atoms with Gasteiger partial charge in [-0.1, -0.05) is 12.1 Å². The number of Topliss-reactive ketones (excluding diaryl/α,β-unsaturated/α-hetero) is 2. The summed E-state index contributed by atoms with van der Waals surface area (Å²) in [5.41, 5.74) is -0.989. The van der Waals surface area contributed by atoms with Crippen LogP contribution in [0, 0.1) is 0 Å². The van der Waals surface area contributed by atoms with E-state index in [-0.39, 0.29) is 51.1 Å². The Morgan fingerprint density at radius 2 is 1.61 bits per heavy atom. The quantitative estimate of drug-likeness (QED) is 0.445. The van der Waals surface area contributed by atoms with Crippen molar-refractivity contribution in [1.29, 1.82) is 0 Å². The third-order valence-electron chi connectivity index (χ3n) is 6.01. The molecular weight excluding hydrogens is 360 g/mol. The van der Waals surface area contributed by atoms with Crippen molar-refractivity contribution < 1.29 is 29.6 Å². The number of hydrogen-bond acceptors (Lipinski definition) is 6. The van der Waals surface area contributed by atoms with E-state index in [0.29, 0.717) is 12.2 Å². The van der Waals surface area contributed by atoms with E-state index in [9.17, 15) is 24.9 Å². The van der Waals surface area contributed by atoms with Gasteiger partial charge in [-0.2, -0.15) is 0 Å². The van der Waals surface area contributed by atoms with Crippen molar-refractivity contribution in [3.8, 4) is 23.0 Å². The Bertz CT molecular complexity index is 1230. The number of carbonyl (C=O) groups excluding carboxylic acids is 2. The topological polar surface area (TPSA) is 104 Å². The van der Waals surface area contributed by atoms with Crippen molar-refractivity contribution in [3.63, 3.8) is 0 Å². The van der Waals surface area contributed by atoms with Gasteiger partial charge in [0.05, 0.1) is 18.2 Å². The predicted octanol–water partition coefficient (Wildman–Crippen LogP) is 3.23. The normalized spacial score (nSPS) is 20.0. The molecule has 0 amide bonds. The summed E-state index contributed by atoms with van der Waals surface area (Å²) in [6.45, 7) is 0. The van der Waals surface area contributed by atoms with Crippen LogP contribution in [-0.2, 0) is 11.8 Å². The van der Waals surface area contributed by atoms with E-state index in [4.69, 9.17) is 4.74 Å². The molecule has 1 unspecified atom stereocenters. The van der Waals surface area contributed by atoms with Crippen LogP contribution in [0.5, 0.6) is 23.0 Å². The lowest BCUT2D eigenvalue weighted by atomic mass is 9.76. The van der Waals surface area contributed by atoms with E-state index in [1.54, 1.807) is 18.2 Å². The third-order valence-corrected chi connectivity index (χ3v) is 6.01. The number of aryl methyl sites for hydroxylation is 1. The number of methoxy groups -OCH3 is 1. The Kier molecular flexibility index (Phi) is 3.12. The van der Waals surface area contributed by atoms with Crippen LogP contribution in [0.1, 0.15) is 38.3 Å². The SMILES string of the molecule is COc1ccc2c(O)c3c(c(O)c2c1)C(=O)C1(CCc2cccc(O)c21)C3=O. The highest BCUT2D eigenvalue weighted by Gasteiger charge is 2.60. The summed E-state index contributed by atoms with van der Waals surface area (Å²) in [6, 6.07) is 9.52. The van der Waals surface area contributed by atoms with E-state index in [1.165, 1.54) is 25.3 Å². The molecule has 3 aromatic carbocycles. The van der Waals surface area contributed by atoms with Crippen LogP contribution in [0.25, 0.3) is 10.8 Å². The molecule has 0 saturated heterocycles. The number of fused-ring (bicyclic) bond motifs is 4. The standard InChI is InChI=1S/C22H16O6/c1-28-11-5-6-12-13(9-11)19(25)16-15(18(12)24)20(26)22(21(16)27)8-7-10-3-2-4-14(23)17(10)22/h2-6,9,23-25H,7-8H2,1H3. The van der Waals surface area contributed by atoms with Crippen LogP contribution in [0.2, 0.25) is 0 Å². The molecule has 5 rings (SSSR count). The summed E-state index contributed by atoms with van der Waals surface area (Å²) < 4.78 is 5.16. The second-order valence-electron chi connectivity index (χ2n) is 7.23. The Morgan fingerprint density at radius 3 is 2.29 bits per heavy atom. The molecule has 1 atom stereocenters. The van der Waals surface area contributed by atoms with Crippen molar-refractivity contribution in [1.82, 2.24) is 0 Å². The first-order valence-corrected chi connectivity index (χ1v) is 8.88. The highest BCUT2D eigenvalue weighted by molar-refractivity contribution is 6.37. The molecule has 1 spiro atoms. The molecule has 0 saturated carbocycles. The van der Waals surface area contributed by atoms with Crippen molar-refractivity contribution in [2.24, 2.45) is 0 Å². The minimum absolute atomic E-state index is 0.130. The number of phenolic OH excluding ortho intramolecular Hbond substituents is 3. The van der Waals surface area contributed by atoms with E-state index in [1.807, 2.05) is 0 Å². The average molecular weight is 376 g/mol. The Hall–Kier alpha value is -3.54. The molecular formula is C22H16O6. The Labute approximate surface area is 159 Å². The van der Waals surface area contributed by atoms with Crippen LogP contribution in [0.15, 0.2) is 36.4 Å². The first-order chi connectivity index (χ1) is 13.4. The largest absolute Gasteiger partial charge is 0.508 e. The van der Waals surface area contributed by atoms with Crippen LogP contribution < -0.4 is 4.74 Å². The third kappa shape index (κ3) is 1.72. The molecule has 0 fully saturated rings. The fourth-order valence-corrected chi connectivity index (χ4v) is 4.72. The van der Waals surface area contributed by atoms with Crippen LogP contribution in [0.4, 0.5) is 0 Å². The van der Waals surface area contributed by atoms with Crippen molar-refractivity contribution in [2.45, 2.75) is 18.3 Å². The number of ether oxygens (including phenoxy) is 1. The lowest BCUT2D eigenvalue weighted by molar-refractivity contribution is 0.0791. The van der Waals surface area contributed by atoms with Crippen LogP contribution in [-0.4, -0.2) is 34.0 Å². The highest BCUT2D eigenvalue weighted by Crippen LogP contribution is 2.56. The smallest absolute Gasteiger partial charge is 0.185 e. The molecule has 2 aliphatic carbocycles. The maximum atomic E-state index is 13.5. The second kappa shape index (κ2) is 5.25. The van der Waals surface area contributed by atoms with Gasteiger partial charge in [0.1, 0.15) is 28.4 Å². The van der Waals surface area contributed by atoms with Gasteiger partial charge in [0, 0.05) is 16.3 Å². The van der Waals surface area contributed by atoms with Gasteiger partial charge in [-0.25, -0.2) is 0 Å². The minimum atomic E-state index is -1.61. The Balaban J connectivity index is 1.86. The lowest BCUT2D eigenvalue weighted by Crippen LogP contribution is -2.36. The maximum Gasteiger partial charge on any atom is 0.185 e. The fraction of sp³-hybridized carbons (Fsp3) is 0.182. The number of phenols is 3. The number of rotatable bonds is 1. The molecule has 0 aliphatic heterocycles. The number of ketones is 2. The molecule has 0 heterocycles. The molecule has 140 valence electrons. The van der Waals surface area contributed by atoms with E-state index >= 15 is 0 Å². The summed E-state index contributed by atoms with van der Waals surface area (Å²) in [7, 11) is 1.47. The maximum absolute atomic E-state index is 13.5. The summed E-state index contributed by atoms with van der Waals surface area (Å²) in [4.78, 5) is 26.9. The van der Waals surface area contributed by atoms with Gasteiger partial charge in [0.25, 0.3) is 0 Å². The number of hydrogen-bond donors (Lipinski definition) is 3. The van der Waals surface area contributed by atoms with Gasteiger partial charge in [-0.15, -0.1) is 0 Å². The van der Waals surface area contributed by atoms with E-state index in [2.05, 4.69) is 0 Å². The van der Waals surface area contributed by atoms with Crippen LogP contribution >= 0.6 is 0 Å². The number of carbonyl (C=O) groups is 2. The summed E-state index contributed by atoms with van der Waals surface area (Å²) in [5, 5.41) is 32.6. The second-order valence-corrected chi connectivity index (χ2v) is 7.23. The van der Waals surface area contributed by atoms with E-state index in [0.717, 1.165) is 5.56 Å². The highest BCUT2D eigenvalue weighted by atomic mass is 16.5. The molecule has 0 aromatic heterocycles. The van der Waals surface area contributed by atoms with E-state index < -0.39 is 17.0 Å². The fourth-order valence-electron chi connectivity index (χ4n) is 4.72. The molecule has 6 nitrogen and oxygen atoms in total. The van der Waals surface area contributed by atoms with Crippen molar-refractivity contribution in [2.75, 3.05) is 7.11 Å². The van der Waals surface area contributed by atoms with Crippen molar-refractivity contribution >= 4 is 22.3 Å². The van der Waals surface area contributed by atoms with Gasteiger partial charge in [0.15, 0.2) is 11.6 Å². The molecule has 3 aromatic rings. The number of aromatic hydroxyl groups is 3. The summed E-state index contributed by atoms with van der Waals surface area (Å²) >= 11 is 0.